The Labute approximate surface area is 183 Å². The topological polar surface area (TPSA) is 83.3 Å². The molecule has 0 radical (unpaired) electrons. The smallest absolute Gasteiger partial charge is 0.239 e. The third-order valence-electron chi connectivity index (χ3n) is 4.89. The van der Waals surface area contributed by atoms with Gasteiger partial charge in [0.1, 0.15) is 0 Å². The summed E-state index contributed by atoms with van der Waals surface area (Å²) in [5.74, 6) is 0.503. The molecule has 1 aromatic heterocycles. The van der Waals surface area contributed by atoms with Crippen LogP contribution in [0.2, 0.25) is 0 Å². The van der Waals surface area contributed by atoms with Crippen molar-refractivity contribution in [1.82, 2.24) is 25.7 Å². The predicted octanol–water partition coefficient (Wildman–Crippen LogP) is 2.51. The minimum Gasteiger partial charge on any atom is -0.354 e. The summed E-state index contributed by atoms with van der Waals surface area (Å²) in [5.41, 5.74) is 5.38. The van der Waals surface area contributed by atoms with Gasteiger partial charge in [-0.05, 0) is 43.5 Å². The minimum absolute atomic E-state index is 0.0677. The van der Waals surface area contributed by atoms with Crippen LogP contribution in [-0.4, -0.2) is 41.8 Å². The van der Waals surface area contributed by atoms with Gasteiger partial charge in [0.2, 0.25) is 5.91 Å². The SMILES string of the molecule is CN=C(NCC(=O)NCCc1ccccc1)NCc1ccccc1-n1nc(C)cc1C. The maximum Gasteiger partial charge on any atom is 0.239 e. The standard InChI is InChI=1S/C24H30N6O/c1-18-15-19(2)30(29-18)22-12-8-7-11-21(22)16-27-24(25-3)28-17-23(31)26-14-13-20-9-5-4-6-10-20/h4-12,15H,13-14,16-17H2,1-3H3,(H,26,31)(H2,25,27,28). The average Bonchev–Trinajstić information content (AvgIpc) is 3.12. The van der Waals surface area contributed by atoms with Crippen LogP contribution in [0.15, 0.2) is 65.7 Å². The highest BCUT2D eigenvalue weighted by molar-refractivity contribution is 5.86. The van der Waals surface area contributed by atoms with Gasteiger partial charge < -0.3 is 16.0 Å². The second-order valence-electron chi connectivity index (χ2n) is 7.33. The predicted molar refractivity (Wildman–Crippen MR) is 124 cm³/mol. The zero-order chi connectivity index (χ0) is 22.1. The van der Waals surface area contributed by atoms with Gasteiger partial charge in [0, 0.05) is 25.8 Å². The molecule has 0 bridgehead atoms. The van der Waals surface area contributed by atoms with Crippen LogP contribution in [0, 0.1) is 13.8 Å². The van der Waals surface area contributed by atoms with E-state index in [0.29, 0.717) is 19.0 Å². The molecule has 0 aliphatic carbocycles. The molecule has 162 valence electrons. The largest absolute Gasteiger partial charge is 0.354 e. The molecule has 0 saturated heterocycles. The number of nitrogens with one attached hydrogen (secondary N) is 3. The van der Waals surface area contributed by atoms with Crippen LogP contribution < -0.4 is 16.0 Å². The van der Waals surface area contributed by atoms with Gasteiger partial charge in [-0.1, -0.05) is 48.5 Å². The molecule has 0 aliphatic rings. The molecule has 0 atom stereocenters. The first-order chi connectivity index (χ1) is 15.1. The van der Waals surface area contributed by atoms with Crippen LogP contribution in [-0.2, 0) is 17.8 Å². The monoisotopic (exact) mass is 418 g/mol. The number of amides is 1. The van der Waals surface area contributed by atoms with Crippen molar-refractivity contribution < 1.29 is 4.79 Å². The van der Waals surface area contributed by atoms with E-state index < -0.39 is 0 Å². The highest BCUT2D eigenvalue weighted by atomic mass is 16.1. The van der Waals surface area contributed by atoms with Crippen molar-refractivity contribution in [3.63, 3.8) is 0 Å². The van der Waals surface area contributed by atoms with Crippen molar-refractivity contribution in [2.24, 2.45) is 4.99 Å². The third kappa shape index (κ3) is 6.44. The van der Waals surface area contributed by atoms with Gasteiger partial charge in [0.15, 0.2) is 5.96 Å². The van der Waals surface area contributed by atoms with Gasteiger partial charge in [-0.3, -0.25) is 9.79 Å². The van der Waals surface area contributed by atoms with Crippen molar-refractivity contribution in [1.29, 1.82) is 0 Å². The Morgan fingerprint density at radius 3 is 2.45 bits per heavy atom. The molecule has 0 unspecified atom stereocenters. The fourth-order valence-corrected chi connectivity index (χ4v) is 3.36. The lowest BCUT2D eigenvalue weighted by Gasteiger charge is -2.15. The zero-order valence-corrected chi connectivity index (χ0v) is 18.4. The highest BCUT2D eigenvalue weighted by Gasteiger charge is 2.10. The Morgan fingerprint density at radius 1 is 1.00 bits per heavy atom. The molecule has 7 nitrogen and oxygen atoms in total. The normalized spacial score (nSPS) is 11.3. The van der Waals surface area contributed by atoms with Crippen molar-refractivity contribution in [3.8, 4) is 5.69 Å². The molecule has 3 aromatic rings. The Bertz CT molecular complexity index is 1030. The van der Waals surface area contributed by atoms with Crippen molar-refractivity contribution in [2.75, 3.05) is 20.1 Å². The molecule has 3 N–H and O–H groups in total. The fourth-order valence-electron chi connectivity index (χ4n) is 3.36. The van der Waals surface area contributed by atoms with Gasteiger partial charge in [-0.25, -0.2) is 4.68 Å². The maximum atomic E-state index is 12.1. The maximum absolute atomic E-state index is 12.1. The summed E-state index contributed by atoms with van der Waals surface area (Å²) in [4.78, 5) is 16.4. The molecule has 0 fully saturated rings. The van der Waals surface area contributed by atoms with E-state index in [1.165, 1.54) is 5.56 Å². The first kappa shape index (κ1) is 22.1. The summed E-state index contributed by atoms with van der Waals surface area (Å²) in [6.45, 7) is 5.35. The van der Waals surface area contributed by atoms with E-state index in [4.69, 9.17) is 0 Å². The van der Waals surface area contributed by atoms with E-state index in [1.54, 1.807) is 7.05 Å². The van der Waals surface area contributed by atoms with E-state index in [-0.39, 0.29) is 12.5 Å². The summed E-state index contributed by atoms with van der Waals surface area (Å²) in [7, 11) is 1.69. The molecule has 2 aromatic carbocycles. The number of aromatic nitrogens is 2. The van der Waals surface area contributed by atoms with E-state index in [2.05, 4.69) is 50.3 Å². The number of nitrogens with zero attached hydrogens (tertiary/aromatic N) is 3. The van der Waals surface area contributed by atoms with Crippen LogP contribution in [0.25, 0.3) is 5.69 Å². The van der Waals surface area contributed by atoms with Gasteiger partial charge >= 0.3 is 0 Å². The van der Waals surface area contributed by atoms with Crippen molar-refractivity contribution >= 4 is 11.9 Å². The van der Waals surface area contributed by atoms with E-state index in [0.717, 1.165) is 29.1 Å². The molecule has 1 heterocycles. The number of carbonyl (C=O) groups excluding carboxylic acids is 1. The van der Waals surface area contributed by atoms with Gasteiger partial charge in [0.25, 0.3) is 0 Å². The zero-order valence-electron chi connectivity index (χ0n) is 18.4. The number of aliphatic imine (C=N–C) groups is 1. The lowest BCUT2D eigenvalue weighted by molar-refractivity contribution is -0.119. The first-order valence-corrected chi connectivity index (χ1v) is 10.4. The first-order valence-electron chi connectivity index (χ1n) is 10.4. The summed E-state index contributed by atoms with van der Waals surface area (Å²) in [6.07, 6.45) is 0.808. The van der Waals surface area contributed by atoms with E-state index >= 15 is 0 Å². The molecular weight excluding hydrogens is 388 g/mol. The van der Waals surface area contributed by atoms with Crippen LogP contribution in [0.1, 0.15) is 22.5 Å². The molecule has 1 amide bonds. The summed E-state index contributed by atoms with van der Waals surface area (Å²) >= 11 is 0. The Hall–Kier alpha value is -3.61. The number of benzene rings is 2. The molecule has 0 aliphatic heterocycles. The minimum atomic E-state index is -0.0677. The summed E-state index contributed by atoms with van der Waals surface area (Å²) < 4.78 is 1.95. The number of aryl methyl sites for hydroxylation is 2. The number of carbonyl (C=O) groups is 1. The number of rotatable bonds is 8. The number of guanidine groups is 1. The van der Waals surface area contributed by atoms with Gasteiger partial charge in [0.05, 0.1) is 17.9 Å². The molecule has 0 spiro atoms. The van der Waals surface area contributed by atoms with Crippen molar-refractivity contribution in [2.45, 2.75) is 26.8 Å². The second-order valence-corrected chi connectivity index (χ2v) is 7.33. The fraction of sp³-hybridized carbons (Fsp3) is 0.292. The Kier molecular flexibility index (Phi) is 7.81. The van der Waals surface area contributed by atoms with Crippen molar-refractivity contribution in [3.05, 3.63) is 83.2 Å². The summed E-state index contributed by atoms with van der Waals surface area (Å²) in [5, 5.41) is 13.9. The molecular formula is C24H30N6O. The molecule has 7 heteroatoms. The van der Waals surface area contributed by atoms with Crippen LogP contribution >= 0.6 is 0 Å². The lowest BCUT2D eigenvalue weighted by Crippen LogP contribution is -2.43. The summed E-state index contributed by atoms with van der Waals surface area (Å²) in [6, 6.07) is 20.3. The second kappa shape index (κ2) is 11.0. The van der Waals surface area contributed by atoms with Crippen LogP contribution in [0.3, 0.4) is 0 Å². The van der Waals surface area contributed by atoms with Crippen LogP contribution in [0.5, 0.6) is 0 Å². The average molecular weight is 419 g/mol. The van der Waals surface area contributed by atoms with Gasteiger partial charge in [-0.15, -0.1) is 0 Å². The third-order valence-corrected chi connectivity index (χ3v) is 4.89. The highest BCUT2D eigenvalue weighted by Crippen LogP contribution is 2.16. The van der Waals surface area contributed by atoms with Gasteiger partial charge in [-0.2, -0.15) is 5.10 Å². The number of hydrogen-bond acceptors (Lipinski definition) is 3. The number of para-hydroxylation sites is 1. The Morgan fingerprint density at radius 2 is 1.74 bits per heavy atom. The van der Waals surface area contributed by atoms with E-state index in [1.807, 2.05) is 54.9 Å². The number of hydrogen-bond donors (Lipinski definition) is 3. The molecule has 3 rings (SSSR count). The van der Waals surface area contributed by atoms with E-state index in [9.17, 15) is 4.79 Å². The quantitative estimate of drug-likeness (QED) is 0.388. The van der Waals surface area contributed by atoms with Crippen LogP contribution in [0.4, 0.5) is 0 Å². The molecule has 0 saturated carbocycles. The Balaban J connectivity index is 1.49. The lowest BCUT2D eigenvalue weighted by atomic mass is 10.1. The molecule has 31 heavy (non-hydrogen) atoms.